The number of carbonyl (C=O) groups is 1. The van der Waals surface area contributed by atoms with E-state index in [0.29, 0.717) is 18.9 Å². The highest BCUT2D eigenvalue weighted by Crippen LogP contribution is 2.24. The van der Waals surface area contributed by atoms with Crippen molar-refractivity contribution in [2.45, 2.75) is 13.5 Å². The van der Waals surface area contributed by atoms with E-state index in [1.54, 1.807) is 4.68 Å². The number of methoxy groups -OCH3 is 1. The van der Waals surface area contributed by atoms with Crippen LogP contribution in [0.3, 0.4) is 0 Å². The summed E-state index contributed by atoms with van der Waals surface area (Å²) >= 11 is 3.43. The van der Waals surface area contributed by atoms with Crippen LogP contribution in [0.1, 0.15) is 22.8 Å². The maximum Gasteiger partial charge on any atom is 0.345 e. The molecule has 112 valence electrons. The molecule has 0 fully saturated rings. The lowest BCUT2D eigenvalue weighted by Crippen LogP contribution is -2.10. The van der Waals surface area contributed by atoms with Crippen LogP contribution in [0.5, 0.6) is 0 Å². The third-order valence-electron chi connectivity index (χ3n) is 2.95. The Labute approximate surface area is 131 Å². The number of benzene rings is 1. The predicted molar refractivity (Wildman–Crippen MR) is 85.4 cm³/mol. The summed E-state index contributed by atoms with van der Waals surface area (Å²) in [5.74, 6) is 0.235. The van der Waals surface area contributed by atoms with E-state index >= 15 is 0 Å². The Kier molecular flexibility index (Phi) is 4.85. The van der Waals surface area contributed by atoms with E-state index in [1.807, 2.05) is 31.2 Å². The highest BCUT2D eigenvalue weighted by molar-refractivity contribution is 9.10. The van der Waals surface area contributed by atoms with Crippen molar-refractivity contribution in [1.29, 1.82) is 0 Å². The number of anilines is 2. The van der Waals surface area contributed by atoms with Crippen LogP contribution >= 0.6 is 15.9 Å². The predicted octanol–water partition coefficient (Wildman–Crippen LogP) is 2.49. The Morgan fingerprint density at radius 2 is 2.29 bits per heavy atom. The topological polar surface area (TPSA) is 82.2 Å². The molecule has 7 heteroatoms. The van der Waals surface area contributed by atoms with Crippen molar-refractivity contribution in [2.75, 3.05) is 24.7 Å². The zero-order chi connectivity index (χ0) is 15.4. The van der Waals surface area contributed by atoms with Crippen molar-refractivity contribution in [1.82, 2.24) is 9.78 Å². The van der Waals surface area contributed by atoms with Gasteiger partial charge in [-0.1, -0.05) is 28.1 Å². The van der Waals surface area contributed by atoms with Crippen LogP contribution in [0.15, 0.2) is 28.7 Å². The normalized spacial score (nSPS) is 10.4. The maximum atomic E-state index is 11.8. The number of rotatable bonds is 5. The fraction of sp³-hybridized carbons (Fsp3) is 0.286. The number of esters is 1. The third kappa shape index (κ3) is 3.36. The molecule has 0 aliphatic rings. The van der Waals surface area contributed by atoms with Gasteiger partial charge >= 0.3 is 5.97 Å². The number of nitrogens with two attached hydrogens (primary N) is 1. The lowest BCUT2D eigenvalue weighted by molar-refractivity contribution is 0.0603. The molecule has 1 aromatic carbocycles. The van der Waals surface area contributed by atoms with Crippen LogP contribution in [-0.4, -0.2) is 29.4 Å². The Balaban J connectivity index is 2.38. The number of hydrogen-bond acceptors (Lipinski definition) is 5. The molecular formula is C14H17BrN4O2. The van der Waals surface area contributed by atoms with Gasteiger partial charge in [-0.15, -0.1) is 0 Å². The average Bonchev–Trinajstić information content (AvgIpc) is 2.75. The van der Waals surface area contributed by atoms with Crippen LogP contribution < -0.4 is 11.1 Å². The van der Waals surface area contributed by atoms with Crippen LogP contribution in [-0.2, 0) is 11.3 Å². The van der Waals surface area contributed by atoms with E-state index < -0.39 is 5.97 Å². The quantitative estimate of drug-likeness (QED) is 0.807. The number of nitrogen functional groups attached to an aromatic ring is 1. The smallest absolute Gasteiger partial charge is 0.345 e. The molecule has 0 saturated heterocycles. The zero-order valence-electron chi connectivity index (χ0n) is 11.9. The van der Waals surface area contributed by atoms with Gasteiger partial charge in [-0.3, -0.25) is 0 Å². The zero-order valence-corrected chi connectivity index (χ0v) is 13.5. The molecular weight excluding hydrogens is 336 g/mol. The molecule has 0 saturated carbocycles. The summed E-state index contributed by atoms with van der Waals surface area (Å²) in [6, 6.07) is 7.83. The van der Waals surface area contributed by atoms with E-state index in [2.05, 4.69) is 26.3 Å². The van der Waals surface area contributed by atoms with Gasteiger partial charge in [0.2, 0.25) is 0 Å². The standard InChI is InChI=1S/C14H17BrN4O2/c1-3-17-13-11(14(20)21-2)12(16)19(18-13)8-9-5-4-6-10(15)7-9/h4-7H,3,8,16H2,1-2H3,(H,17,18). The number of nitrogens with zero attached hydrogens (tertiary/aromatic N) is 2. The van der Waals surface area contributed by atoms with Crippen molar-refractivity contribution in [2.24, 2.45) is 0 Å². The molecule has 1 aromatic heterocycles. The van der Waals surface area contributed by atoms with Gasteiger partial charge < -0.3 is 15.8 Å². The summed E-state index contributed by atoms with van der Waals surface area (Å²) in [6.07, 6.45) is 0. The lowest BCUT2D eigenvalue weighted by atomic mass is 10.2. The fourth-order valence-electron chi connectivity index (χ4n) is 2.00. The van der Waals surface area contributed by atoms with E-state index in [9.17, 15) is 4.79 Å². The van der Waals surface area contributed by atoms with Crippen LogP contribution in [0.25, 0.3) is 0 Å². The molecule has 2 aromatic rings. The molecule has 0 aliphatic heterocycles. The van der Waals surface area contributed by atoms with Gasteiger partial charge in [0.1, 0.15) is 11.4 Å². The van der Waals surface area contributed by atoms with Gasteiger partial charge in [0.15, 0.2) is 5.82 Å². The minimum atomic E-state index is -0.496. The summed E-state index contributed by atoms with van der Waals surface area (Å²) in [4.78, 5) is 11.8. The Bertz CT molecular complexity index is 654. The second-order valence-electron chi connectivity index (χ2n) is 4.42. The van der Waals surface area contributed by atoms with Gasteiger partial charge in [0.25, 0.3) is 0 Å². The Hall–Kier alpha value is -2.02. The molecule has 0 radical (unpaired) electrons. The molecule has 0 amide bonds. The molecule has 0 unspecified atom stereocenters. The molecule has 2 rings (SSSR count). The van der Waals surface area contributed by atoms with Gasteiger partial charge in [-0.25, -0.2) is 9.48 Å². The number of carbonyl (C=O) groups excluding carboxylic acids is 1. The van der Waals surface area contributed by atoms with Crippen LogP contribution in [0, 0.1) is 0 Å². The van der Waals surface area contributed by atoms with Gasteiger partial charge in [0, 0.05) is 11.0 Å². The molecule has 0 atom stereocenters. The maximum absolute atomic E-state index is 11.8. The average molecular weight is 353 g/mol. The summed E-state index contributed by atoms with van der Waals surface area (Å²) in [5, 5.41) is 7.39. The summed E-state index contributed by atoms with van der Waals surface area (Å²) in [5.41, 5.74) is 7.34. The number of halogens is 1. The van der Waals surface area contributed by atoms with Crippen molar-refractivity contribution in [3.8, 4) is 0 Å². The second-order valence-corrected chi connectivity index (χ2v) is 5.33. The SMILES string of the molecule is CCNc1nn(Cc2cccc(Br)c2)c(N)c1C(=O)OC. The Morgan fingerprint density at radius 1 is 1.52 bits per heavy atom. The third-order valence-corrected chi connectivity index (χ3v) is 3.44. The van der Waals surface area contributed by atoms with Crippen molar-refractivity contribution < 1.29 is 9.53 Å². The summed E-state index contributed by atoms with van der Waals surface area (Å²) < 4.78 is 7.33. The van der Waals surface area contributed by atoms with E-state index in [4.69, 9.17) is 10.5 Å². The molecule has 6 nitrogen and oxygen atoms in total. The first-order chi connectivity index (χ1) is 10.1. The first-order valence-electron chi connectivity index (χ1n) is 6.49. The minimum Gasteiger partial charge on any atom is -0.465 e. The number of ether oxygens (including phenoxy) is 1. The number of nitrogens with one attached hydrogen (secondary N) is 1. The lowest BCUT2D eigenvalue weighted by Gasteiger charge is -2.05. The number of aromatic nitrogens is 2. The summed E-state index contributed by atoms with van der Waals surface area (Å²) in [7, 11) is 1.32. The largest absolute Gasteiger partial charge is 0.465 e. The van der Waals surface area contributed by atoms with Gasteiger partial charge in [-0.05, 0) is 24.6 Å². The van der Waals surface area contributed by atoms with Gasteiger partial charge in [0.05, 0.1) is 13.7 Å². The molecule has 0 aliphatic carbocycles. The van der Waals surface area contributed by atoms with E-state index in [-0.39, 0.29) is 11.4 Å². The summed E-state index contributed by atoms with van der Waals surface area (Å²) in [6.45, 7) is 3.03. The van der Waals surface area contributed by atoms with Crippen LogP contribution in [0.2, 0.25) is 0 Å². The fourth-order valence-corrected chi connectivity index (χ4v) is 2.44. The second kappa shape index (κ2) is 6.62. The van der Waals surface area contributed by atoms with Gasteiger partial charge in [-0.2, -0.15) is 5.10 Å². The molecule has 3 N–H and O–H groups in total. The van der Waals surface area contributed by atoms with Crippen molar-refractivity contribution >= 4 is 33.5 Å². The highest BCUT2D eigenvalue weighted by Gasteiger charge is 2.22. The van der Waals surface area contributed by atoms with E-state index in [1.165, 1.54) is 7.11 Å². The first kappa shape index (κ1) is 15.4. The highest BCUT2D eigenvalue weighted by atomic mass is 79.9. The van der Waals surface area contributed by atoms with Crippen LogP contribution in [0.4, 0.5) is 11.6 Å². The molecule has 1 heterocycles. The first-order valence-corrected chi connectivity index (χ1v) is 7.29. The van der Waals surface area contributed by atoms with E-state index in [0.717, 1.165) is 10.0 Å². The van der Waals surface area contributed by atoms with Crippen molar-refractivity contribution in [3.63, 3.8) is 0 Å². The monoisotopic (exact) mass is 352 g/mol. The Morgan fingerprint density at radius 3 is 2.90 bits per heavy atom. The number of hydrogen-bond donors (Lipinski definition) is 2. The minimum absolute atomic E-state index is 0.273. The molecule has 0 spiro atoms. The molecule has 21 heavy (non-hydrogen) atoms. The molecule has 0 bridgehead atoms. The van der Waals surface area contributed by atoms with Crippen molar-refractivity contribution in [3.05, 3.63) is 39.9 Å².